The topological polar surface area (TPSA) is 83.1 Å². The van der Waals surface area contributed by atoms with Crippen LogP contribution in [0.4, 0.5) is 5.69 Å². The molecule has 1 aromatic heterocycles. The van der Waals surface area contributed by atoms with Crippen molar-refractivity contribution in [1.82, 2.24) is 15.6 Å². The fourth-order valence-electron chi connectivity index (χ4n) is 1.34. The monoisotopic (exact) mass is 250 g/mol. The van der Waals surface area contributed by atoms with Crippen molar-refractivity contribution >= 4 is 17.5 Å². The highest BCUT2D eigenvalue weighted by Gasteiger charge is 2.07. The molecule has 0 fully saturated rings. The maximum Gasteiger partial charge on any atom is 0.269 e. The standard InChI is InChI=1S/C12H18N4O2/c1-3-14-9-4-5-10(16-8-9)12(18)15-7-6-11(17)13-2/h4-5,8,14H,3,6-7H2,1-2H3,(H,13,17)(H,15,18). The normalized spacial score (nSPS) is 9.67. The smallest absolute Gasteiger partial charge is 0.269 e. The van der Waals surface area contributed by atoms with Crippen molar-refractivity contribution in [3.63, 3.8) is 0 Å². The van der Waals surface area contributed by atoms with E-state index in [-0.39, 0.29) is 18.2 Å². The van der Waals surface area contributed by atoms with Crippen molar-refractivity contribution < 1.29 is 9.59 Å². The molecule has 2 amide bonds. The molecule has 0 atom stereocenters. The number of nitrogens with one attached hydrogen (secondary N) is 3. The van der Waals surface area contributed by atoms with Crippen molar-refractivity contribution in [3.05, 3.63) is 24.0 Å². The average Bonchev–Trinajstić information content (AvgIpc) is 2.39. The summed E-state index contributed by atoms with van der Waals surface area (Å²) in [5.74, 6) is -0.382. The van der Waals surface area contributed by atoms with Crippen LogP contribution in [0.1, 0.15) is 23.8 Å². The summed E-state index contributed by atoms with van der Waals surface area (Å²) in [7, 11) is 1.56. The third-order valence-electron chi connectivity index (χ3n) is 2.29. The van der Waals surface area contributed by atoms with E-state index in [4.69, 9.17) is 0 Å². The number of hydrogen-bond donors (Lipinski definition) is 3. The van der Waals surface area contributed by atoms with Gasteiger partial charge in [-0.25, -0.2) is 4.98 Å². The molecule has 18 heavy (non-hydrogen) atoms. The summed E-state index contributed by atoms with van der Waals surface area (Å²) in [5, 5.41) is 8.21. The Hall–Kier alpha value is -2.11. The maximum atomic E-state index is 11.7. The van der Waals surface area contributed by atoms with Crippen LogP contribution in [0.25, 0.3) is 0 Å². The Bertz CT molecular complexity index is 403. The Kier molecular flexibility index (Phi) is 5.63. The van der Waals surface area contributed by atoms with Gasteiger partial charge in [0.25, 0.3) is 5.91 Å². The zero-order valence-electron chi connectivity index (χ0n) is 10.6. The lowest BCUT2D eigenvalue weighted by atomic mass is 10.3. The summed E-state index contributed by atoms with van der Waals surface area (Å²) in [6.45, 7) is 3.09. The van der Waals surface area contributed by atoms with Crippen molar-refractivity contribution in [3.8, 4) is 0 Å². The molecule has 6 nitrogen and oxygen atoms in total. The van der Waals surface area contributed by atoms with E-state index in [2.05, 4.69) is 20.9 Å². The second-order valence-electron chi connectivity index (χ2n) is 3.64. The van der Waals surface area contributed by atoms with Crippen molar-refractivity contribution in [2.75, 3.05) is 25.5 Å². The van der Waals surface area contributed by atoms with Gasteiger partial charge in [0.15, 0.2) is 0 Å². The van der Waals surface area contributed by atoms with Crippen LogP contribution in [0.5, 0.6) is 0 Å². The first kappa shape index (κ1) is 14.0. The van der Waals surface area contributed by atoms with Gasteiger partial charge in [0.05, 0.1) is 11.9 Å². The molecule has 1 rings (SSSR count). The number of aromatic nitrogens is 1. The molecule has 0 radical (unpaired) electrons. The molecule has 0 aliphatic carbocycles. The number of pyridine rings is 1. The molecule has 1 aromatic rings. The highest BCUT2D eigenvalue weighted by Crippen LogP contribution is 2.05. The largest absolute Gasteiger partial charge is 0.384 e. The number of carbonyl (C=O) groups is 2. The van der Waals surface area contributed by atoms with Crippen LogP contribution in [0.2, 0.25) is 0 Å². The number of amides is 2. The van der Waals surface area contributed by atoms with Gasteiger partial charge in [-0.15, -0.1) is 0 Å². The van der Waals surface area contributed by atoms with Gasteiger partial charge in [0, 0.05) is 26.6 Å². The quantitative estimate of drug-likeness (QED) is 0.681. The summed E-state index contributed by atoms with van der Waals surface area (Å²) in [6.07, 6.45) is 1.87. The number of rotatable bonds is 6. The first-order valence-electron chi connectivity index (χ1n) is 5.86. The molecule has 6 heteroatoms. The Morgan fingerprint density at radius 3 is 2.67 bits per heavy atom. The summed E-state index contributed by atoms with van der Waals surface area (Å²) < 4.78 is 0. The fraction of sp³-hybridized carbons (Fsp3) is 0.417. The van der Waals surface area contributed by atoms with Gasteiger partial charge in [-0.05, 0) is 19.1 Å². The number of hydrogen-bond acceptors (Lipinski definition) is 4. The van der Waals surface area contributed by atoms with E-state index in [0.717, 1.165) is 12.2 Å². The highest BCUT2D eigenvalue weighted by atomic mass is 16.2. The summed E-state index contributed by atoms with van der Waals surface area (Å²) >= 11 is 0. The number of nitrogens with zero attached hydrogens (tertiary/aromatic N) is 1. The molecule has 0 saturated carbocycles. The summed E-state index contributed by atoms with van der Waals surface area (Å²) in [5.41, 5.74) is 1.22. The van der Waals surface area contributed by atoms with Gasteiger partial charge in [0.1, 0.15) is 5.69 Å². The molecule has 0 unspecified atom stereocenters. The molecule has 0 aromatic carbocycles. The van der Waals surface area contributed by atoms with E-state index in [0.29, 0.717) is 12.2 Å². The molecule has 0 aliphatic heterocycles. The summed E-state index contributed by atoms with van der Waals surface area (Å²) in [4.78, 5) is 26.7. The van der Waals surface area contributed by atoms with E-state index in [1.807, 2.05) is 6.92 Å². The van der Waals surface area contributed by atoms with Crippen molar-refractivity contribution in [1.29, 1.82) is 0 Å². The predicted molar refractivity (Wildman–Crippen MR) is 69.4 cm³/mol. The first-order valence-corrected chi connectivity index (χ1v) is 5.86. The van der Waals surface area contributed by atoms with Gasteiger partial charge < -0.3 is 16.0 Å². The molecule has 0 spiro atoms. The Morgan fingerprint density at radius 1 is 1.33 bits per heavy atom. The SMILES string of the molecule is CCNc1ccc(C(=O)NCCC(=O)NC)nc1. The zero-order valence-corrected chi connectivity index (χ0v) is 10.6. The van der Waals surface area contributed by atoms with E-state index >= 15 is 0 Å². The Morgan fingerprint density at radius 2 is 2.11 bits per heavy atom. The van der Waals surface area contributed by atoms with E-state index in [1.165, 1.54) is 0 Å². The lowest BCUT2D eigenvalue weighted by Crippen LogP contribution is -2.29. The molecule has 0 saturated heterocycles. The second kappa shape index (κ2) is 7.26. The molecule has 3 N–H and O–H groups in total. The van der Waals surface area contributed by atoms with Gasteiger partial charge in [0.2, 0.25) is 5.91 Å². The van der Waals surface area contributed by atoms with Crippen LogP contribution in [0.3, 0.4) is 0 Å². The fourth-order valence-corrected chi connectivity index (χ4v) is 1.34. The average molecular weight is 250 g/mol. The minimum Gasteiger partial charge on any atom is -0.384 e. The number of anilines is 1. The third-order valence-corrected chi connectivity index (χ3v) is 2.29. The predicted octanol–water partition coefficient (Wildman–Crippen LogP) is 0.379. The summed E-state index contributed by atoms with van der Waals surface area (Å²) in [6, 6.07) is 3.44. The van der Waals surface area contributed by atoms with Crippen LogP contribution in [-0.4, -0.2) is 36.9 Å². The van der Waals surface area contributed by atoms with Crippen molar-refractivity contribution in [2.45, 2.75) is 13.3 Å². The van der Waals surface area contributed by atoms with Crippen LogP contribution >= 0.6 is 0 Å². The Balaban J connectivity index is 2.44. The lowest BCUT2D eigenvalue weighted by Gasteiger charge is -2.05. The lowest BCUT2D eigenvalue weighted by molar-refractivity contribution is -0.120. The van der Waals surface area contributed by atoms with Crippen molar-refractivity contribution in [2.24, 2.45) is 0 Å². The third kappa shape index (κ3) is 4.40. The molecule has 0 aliphatic rings. The molecule has 1 heterocycles. The maximum absolute atomic E-state index is 11.7. The van der Waals surface area contributed by atoms with Gasteiger partial charge in [-0.2, -0.15) is 0 Å². The van der Waals surface area contributed by atoms with Gasteiger partial charge in [-0.1, -0.05) is 0 Å². The van der Waals surface area contributed by atoms with Crippen LogP contribution in [-0.2, 0) is 4.79 Å². The second-order valence-corrected chi connectivity index (χ2v) is 3.64. The van der Waals surface area contributed by atoms with Crippen LogP contribution < -0.4 is 16.0 Å². The first-order chi connectivity index (χ1) is 8.67. The van der Waals surface area contributed by atoms with Crippen LogP contribution in [0, 0.1) is 0 Å². The number of carbonyl (C=O) groups excluding carboxylic acids is 2. The van der Waals surface area contributed by atoms with E-state index < -0.39 is 0 Å². The molecular weight excluding hydrogens is 232 g/mol. The Labute approximate surface area is 106 Å². The molecular formula is C12H18N4O2. The highest BCUT2D eigenvalue weighted by molar-refractivity contribution is 5.92. The van der Waals surface area contributed by atoms with E-state index in [1.54, 1.807) is 25.4 Å². The van der Waals surface area contributed by atoms with Crippen LogP contribution in [0.15, 0.2) is 18.3 Å². The molecule has 0 bridgehead atoms. The minimum atomic E-state index is -0.276. The van der Waals surface area contributed by atoms with E-state index in [9.17, 15) is 9.59 Å². The van der Waals surface area contributed by atoms with Gasteiger partial charge >= 0.3 is 0 Å². The molecule has 98 valence electrons. The minimum absolute atomic E-state index is 0.106. The zero-order chi connectivity index (χ0) is 13.4. The van der Waals surface area contributed by atoms with Gasteiger partial charge in [-0.3, -0.25) is 9.59 Å².